The zero-order valence-corrected chi connectivity index (χ0v) is 14.8. The molecule has 0 aromatic heterocycles. The molecule has 0 spiro atoms. The number of nitrogens with zero attached hydrogens (tertiary/aromatic N) is 1. The maximum Gasteiger partial charge on any atom is 0.227 e. The first-order valence-corrected chi connectivity index (χ1v) is 8.57. The largest absolute Gasteiger partial charge is 0.394 e. The van der Waals surface area contributed by atoms with E-state index in [-0.39, 0.29) is 29.9 Å². The molecule has 1 fully saturated rings. The van der Waals surface area contributed by atoms with Crippen molar-refractivity contribution in [2.45, 2.75) is 52.5 Å². The molecule has 1 atom stereocenters. The van der Waals surface area contributed by atoms with Gasteiger partial charge in [0.25, 0.3) is 0 Å². The van der Waals surface area contributed by atoms with Crippen LogP contribution >= 0.6 is 0 Å². The Kier molecular flexibility index (Phi) is 5.99. The first-order chi connectivity index (χ1) is 11.3. The van der Waals surface area contributed by atoms with Crippen molar-refractivity contribution in [3.63, 3.8) is 0 Å². The highest BCUT2D eigenvalue weighted by molar-refractivity contribution is 5.91. The predicted molar refractivity (Wildman–Crippen MR) is 94.7 cm³/mol. The van der Waals surface area contributed by atoms with Crippen LogP contribution in [0.4, 0.5) is 5.69 Å². The second-order valence-electron chi connectivity index (χ2n) is 7.73. The van der Waals surface area contributed by atoms with Crippen LogP contribution in [0.3, 0.4) is 0 Å². The molecule has 1 saturated heterocycles. The van der Waals surface area contributed by atoms with Crippen molar-refractivity contribution in [2.24, 2.45) is 5.41 Å². The Morgan fingerprint density at radius 2 is 1.92 bits per heavy atom. The van der Waals surface area contributed by atoms with E-state index in [0.29, 0.717) is 12.8 Å². The fourth-order valence-corrected chi connectivity index (χ4v) is 3.02. The molecule has 5 nitrogen and oxygen atoms in total. The van der Waals surface area contributed by atoms with Crippen molar-refractivity contribution in [2.75, 3.05) is 18.5 Å². The Bertz CT molecular complexity index is 575. The van der Waals surface area contributed by atoms with E-state index in [9.17, 15) is 14.7 Å². The van der Waals surface area contributed by atoms with Crippen LogP contribution in [0.25, 0.3) is 0 Å². The second-order valence-corrected chi connectivity index (χ2v) is 7.73. The van der Waals surface area contributed by atoms with Crippen molar-refractivity contribution in [1.29, 1.82) is 0 Å². The highest BCUT2D eigenvalue weighted by Gasteiger charge is 2.27. The minimum atomic E-state index is -0.0462. The molecule has 5 heteroatoms. The first-order valence-electron chi connectivity index (χ1n) is 8.57. The average molecular weight is 332 g/mol. The van der Waals surface area contributed by atoms with E-state index in [1.165, 1.54) is 0 Å². The van der Waals surface area contributed by atoms with E-state index in [0.717, 1.165) is 30.6 Å². The quantitative estimate of drug-likeness (QED) is 0.871. The van der Waals surface area contributed by atoms with Crippen LogP contribution < -0.4 is 5.32 Å². The number of rotatable bonds is 5. The second kappa shape index (κ2) is 7.79. The number of likely N-dealkylation sites (tertiary alicyclic amines) is 1. The van der Waals surface area contributed by atoms with E-state index in [2.05, 4.69) is 5.32 Å². The maximum atomic E-state index is 12.3. The number of amides is 2. The van der Waals surface area contributed by atoms with Crippen molar-refractivity contribution in [3.05, 3.63) is 29.8 Å². The summed E-state index contributed by atoms with van der Waals surface area (Å²) >= 11 is 0. The maximum absolute atomic E-state index is 12.3. The summed E-state index contributed by atoms with van der Waals surface area (Å²) in [7, 11) is 0. The monoisotopic (exact) mass is 332 g/mol. The third-order valence-corrected chi connectivity index (χ3v) is 4.19. The Morgan fingerprint density at radius 3 is 2.50 bits per heavy atom. The summed E-state index contributed by atoms with van der Waals surface area (Å²) < 4.78 is 0. The lowest BCUT2D eigenvalue weighted by atomic mass is 9.92. The molecule has 24 heavy (non-hydrogen) atoms. The molecule has 1 heterocycles. The van der Waals surface area contributed by atoms with Gasteiger partial charge in [-0.15, -0.1) is 0 Å². The van der Waals surface area contributed by atoms with Gasteiger partial charge in [0.05, 0.1) is 19.1 Å². The van der Waals surface area contributed by atoms with Crippen molar-refractivity contribution >= 4 is 17.5 Å². The van der Waals surface area contributed by atoms with Gasteiger partial charge in [-0.2, -0.15) is 0 Å². The zero-order valence-electron chi connectivity index (χ0n) is 14.8. The van der Waals surface area contributed by atoms with Crippen LogP contribution in [0.5, 0.6) is 0 Å². The van der Waals surface area contributed by atoms with Crippen LogP contribution in [0.15, 0.2) is 24.3 Å². The fraction of sp³-hybridized carbons (Fsp3) is 0.579. The third-order valence-electron chi connectivity index (χ3n) is 4.19. The summed E-state index contributed by atoms with van der Waals surface area (Å²) in [6.07, 6.45) is 2.62. The Morgan fingerprint density at radius 1 is 1.25 bits per heavy atom. The van der Waals surface area contributed by atoms with Gasteiger partial charge in [-0.1, -0.05) is 32.9 Å². The van der Waals surface area contributed by atoms with Gasteiger partial charge in [-0.3, -0.25) is 9.59 Å². The summed E-state index contributed by atoms with van der Waals surface area (Å²) in [5, 5.41) is 12.2. The number of hydrogen-bond donors (Lipinski definition) is 2. The molecule has 2 rings (SSSR count). The number of aliphatic hydroxyl groups excluding tert-OH is 1. The topological polar surface area (TPSA) is 69.6 Å². The molecular weight excluding hydrogens is 304 g/mol. The molecule has 2 amide bonds. The normalized spacial score (nSPS) is 17.8. The van der Waals surface area contributed by atoms with E-state index in [1.807, 2.05) is 45.0 Å². The molecule has 0 bridgehead atoms. The smallest absolute Gasteiger partial charge is 0.227 e. The van der Waals surface area contributed by atoms with Crippen LogP contribution in [0.1, 0.15) is 45.6 Å². The zero-order chi connectivity index (χ0) is 17.7. The van der Waals surface area contributed by atoms with Gasteiger partial charge >= 0.3 is 0 Å². The summed E-state index contributed by atoms with van der Waals surface area (Å²) in [5.41, 5.74) is 1.61. The van der Waals surface area contributed by atoms with Gasteiger partial charge in [0, 0.05) is 18.7 Å². The highest BCUT2D eigenvalue weighted by Crippen LogP contribution is 2.21. The summed E-state index contributed by atoms with van der Waals surface area (Å²) in [4.78, 5) is 26.1. The Labute approximate surface area is 144 Å². The Balaban J connectivity index is 1.90. The van der Waals surface area contributed by atoms with E-state index < -0.39 is 0 Å². The number of carbonyl (C=O) groups excluding carboxylic acids is 2. The van der Waals surface area contributed by atoms with Gasteiger partial charge in [-0.25, -0.2) is 0 Å². The molecular formula is C19H28N2O3. The van der Waals surface area contributed by atoms with Gasteiger partial charge in [-0.05, 0) is 36.0 Å². The van der Waals surface area contributed by atoms with Crippen LogP contribution in [-0.4, -0.2) is 41.0 Å². The van der Waals surface area contributed by atoms with Gasteiger partial charge in [0.2, 0.25) is 11.8 Å². The molecule has 0 saturated carbocycles. The van der Waals surface area contributed by atoms with Crippen molar-refractivity contribution in [3.8, 4) is 0 Å². The molecule has 1 aromatic carbocycles. The number of anilines is 1. The van der Waals surface area contributed by atoms with E-state index in [4.69, 9.17) is 0 Å². The molecule has 1 aromatic rings. The molecule has 2 N–H and O–H groups in total. The molecule has 1 aliphatic rings. The molecule has 1 aliphatic heterocycles. The summed E-state index contributed by atoms with van der Waals surface area (Å²) in [5.74, 6) is 0.0465. The van der Waals surface area contributed by atoms with Gasteiger partial charge in [0.15, 0.2) is 0 Å². The molecule has 0 radical (unpaired) electrons. The fourth-order valence-electron chi connectivity index (χ4n) is 3.02. The standard InChI is InChI=1S/C19H28N2O3/c1-19(2,3)12-17(23)20-15-8-6-14(7-9-15)11-18(24)21-10-4-5-16(21)13-22/h6-9,16,22H,4-5,10-13H2,1-3H3,(H,20,23)/t16-/m1/s1. The molecule has 0 aliphatic carbocycles. The lowest BCUT2D eigenvalue weighted by molar-refractivity contribution is -0.132. The molecule has 132 valence electrons. The Hall–Kier alpha value is -1.88. The minimum Gasteiger partial charge on any atom is -0.394 e. The van der Waals surface area contributed by atoms with Crippen LogP contribution in [0.2, 0.25) is 0 Å². The van der Waals surface area contributed by atoms with Gasteiger partial charge in [0.1, 0.15) is 0 Å². The number of carbonyl (C=O) groups is 2. The minimum absolute atomic E-state index is 0.00539. The predicted octanol–water partition coefficient (Wildman–Crippen LogP) is 2.59. The number of nitrogens with one attached hydrogen (secondary N) is 1. The summed E-state index contributed by atoms with van der Waals surface area (Å²) in [6, 6.07) is 7.37. The average Bonchev–Trinajstić information content (AvgIpc) is 2.96. The lowest BCUT2D eigenvalue weighted by Gasteiger charge is -2.23. The summed E-state index contributed by atoms with van der Waals surface area (Å²) in [6.45, 7) is 6.84. The lowest BCUT2D eigenvalue weighted by Crippen LogP contribution is -2.38. The molecule has 0 unspecified atom stereocenters. The highest BCUT2D eigenvalue weighted by atomic mass is 16.3. The SMILES string of the molecule is CC(C)(C)CC(=O)Nc1ccc(CC(=O)N2CCC[C@@H]2CO)cc1. The number of hydrogen-bond acceptors (Lipinski definition) is 3. The van der Waals surface area contributed by atoms with E-state index >= 15 is 0 Å². The van der Waals surface area contributed by atoms with Crippen LogP contribution in [0, 0.1) is 5.41 Å². The van der Waals surface area contributed by atoms with Crippen molar-refractivity contribution in [1.82, 2.24) is 4.90 Å². The van der Waals surface area contributed by atoms with Crippen LogP contribution in [-0.2, 0) is 16.0 Å². The number of benzene rings is 1. The first kappa shape index (κ1) is 18.5. The van der Waals surface area contributed by atoms with Crippen molar-refractivity contribution < 1.29 is 14.7 Å². The third kappa shape index (κ3) is 5.34. The van der Waals surface area contributed by atoms with E-state index in [1.54, 1.807) is 4.90 Å². The number of aliphatic hydroxyl groups is 1. The van der Waals surface area contributed by atoms with Gasteiger partial charge < -0.3 is 15.3 Å².